The summed E-state index contributed by atoms with van der Waals surface area (Å²) in [6.07, 6.45) is 11.5. The lowest BCUT2D eigenvalue weighted by Crippen LogP contribution is -2.51. The van der Waals surface area contributed by atoms with E-state index in [1.807, 2.05) is 0 Å². The summed E-state index contributed by atoms with van der Waals surface area (Å²) in [7, 11) is -5.07. The van der Waals surface area contributed by atoms with Gasteiger partial charge in [0.25, 0.3) is 0 Å². The maximum atomic E-state index is 8.75. The number of aliphatic hydroxyl groups excluding tert-OH is 1. The first kappa shape index (κ1) is 24.5. The van der Waals surface area contributed by atoms with Gasteiger partial charge in [-0.1, -0.05) is 51.4 Å². The first-order valence-electron chi connectivity index (χ1n) is 9.99. The predicted octanol–water partition coefficient (Wildman–Crippen LogP) is 6.26. The van der Waals surface area contributed by atoms with Crippen LogP contribution in [0.5, 0.6) is 0 Å². The van der Waals surface area contributed by atoms with Crippen molar-refractivity contribution in [1.29, 1.82) is 0 Å². The average molecular weight is 393 g/mol. The van der Waals surface area contributed by atoms with Crippen LogP contribution in [-0.2, 0) is 8.23 Å². The van der Waals surface area contributed by atoms with Crippen LogP contribution in [0.1, 0.15) is 57.8 Å². The zero-order chi connectivity index (χ0) is 18.7. The van der Waals surface area contributed by atoms with Crippen molar-refractivity contribution in [3.63, 3.8) is 0 Å². The van der Waals surface area contributed by atoms with Gasteiger partial charge in [0.1, 0.15) is 0 Å². The van der Waals surface area contributed by atoms with E-state index in [1.165, 1.54) is 57.4 Å². The molecule has 0 atom stereocenters. The van der Waals surface area contributed by atoms with E-state index in [0.29, 0.717) is 6.61 Å². The van der Waals surface area contributed by atoms with E-state index in [-0.39, 0.29) is 0 Å². The molecule has 0 saturated heterocycles. The lowest BCUT2D eigenvalue weighted by molar-refractivity contribution is 0.282. The average Bonchev–Trinajstić information content (AvgIpc) is 2.36. The van der Waals surface area contributed by atoms with Gasteiger partial charge in [0.15, 0.2) is 16.6 Å². The zero-order valence-corrected chi connectivity index (χ0v) is 20.5. The maximum Gasteiger partial charge on any atom is 0.311 e. The standard InChI is InChI=1S/C18H44O3Si3/c1-22(2,3)20-24(6,7)21-23(4,5)18-16-14-12-10-8-9-11-13-15-17-19/h19H,8-18H2,1-7H3. The molecule has 0 unspecified atom stereocenters. The van der Waals surface area contributed by atoms with Crippen LogP contribution in [0, 0.1) is 0 Å². The van der Waals surface area contributed by atoms with Gasteiger partial charge in [-0.15, -0.1) is 0 Å². The molecule has 6 heteroatoms. The van der Waals surface area contributed by atoms with Crippen LogP contribution >= 0.6 is 0 Å². The molecule has 0 aromatic rings. The molecule has 0 amide bonds. The summed E-state index contributed by atoms with van der Waals surface area (Å²) in [6, 6.07) is 1.26. The fourth-order valence-corrected chi connectivity index (χ4v) is 16.6. The second-order valence-corrected chi connectivity index (χ2v) is 21.8. The number of rotatable bonds is 15. The third-order valence-electron chi connectivity index (χ3n) is 4.01. The lowest BCUT2D eigenvalue weighted by atomic mass is 10.1. The summed E-state index contributed by atoms with van der Waals surface area (Å²) in [5.41, 5.74) is 0. The van der Waals surface area contributed by atoms with Crippen LogP contribution in [0.2, 0.25) is 51.9 Å². The smallest absolute Gasteiger partial charge is 0.311 e. The third-order valence-corrected chi connectivity index (χ3v) is 14.2. The second kappa shape index (κ2) is 12.0. The van der Waals surface area contributed by atoms with Gasteiger partial charge in [0.05, 0.1) is 0 Å². The quantitative estimate of drug-likeness (QED) is 0.264. The fourth-order valence-electron chi connectivity index (χ4n) is 3.37. The van der Waals surface area contributed by atoms with E-state index >= 15 is 0 Å². The maximum absolute atomic E-state index is 8.75. The van der Waals surface area contributed by atoms with Crippen LogP contribution in [0.15, 0.2) is 0 Å². The minimum Gasteiger partial charge on any atom is -0.437 e. The summed E-state index contributed by atoms with van der Waals surface area (Å²) in [4.78, 5) is 0. The van der Waals surface area contributed by atoms with E-state index in [1.54, 1.807) is 0 Å². The van der Waals surface area contributed by atoms with Crippen molar-refractivity contribution in [3.8, 4) is 0 Å². The molecular formula is C18H44O3Si3. The van der Waals surface area contributed by atoms with Gasteiger partial charge in [-0.3, -0.25) is 0 Å². The van der Waals surface area contributed by atoms with Gasteiger partial charge in [-0.2, -0.15) is 0 Å². The Morgan fingerprint density at radius 2 is 1.00 bits per heavy atom. The molecule has 146 valence electrons. The van der Waals surface area contributed by atoms with E-state index < -0.39 is 25.2 Å². The topological polar surface area (TPSA) is 38.7 Å². The summed E-state index contributed by atoms with van der Waals surface area (Å²) in [6.45, 7) is 16.3. The Balaban J connectivity index is 3.77. The first-order chi connectivity index (χ1) is 11.0. The Labute approximate surface area is 155 Å². The normalized spacial score (nSPS) is 13.5. The van der Waals surface area contributed by atoms with Crippen molar-refractivity contribution in [2.45, 2.75) is 110 Å². The number of hydrogen-bond acceptors (Lipinski definition) is 3. The fraction of sp³-hybridized carbons (Fsp3) is 1.00. The van der Waals surface area contributed by atoms with E-state index in [0.717, 1.165) is 6.42 Å². The van der Waals surface area contributed by atoms with Crippen molar-refractivity contribution >= 4 is 25.2 Å². The lowest BCUT2D eigenvalue weighted by Gasteiger charge is -2.37. The highest BCUT2D eigenvalue weighted by molar-refractivity contribution is 6.87. The largest absolute Gasteiger partial charge is 0.437 e. The molecule has 0 aliphatic rings. The molecule has 3 nitrogen and oxygen atoms in total. The van der Waals surface area contributed by atoms with E-state index in [2.05, 4.69) is 45.8 Å². The molecule has 0 rings (SSSR count). The van der Waals surface area contributed by atoms with Crippen molar-refractivity contribution in [2.75, 3.05) is 6.61 Å². The van der Waals surface area contributed by atoms with Crippen LogP contribution in [0.4, 0.5) is 0 Å². The Morgan fingerprint density at radius 3 is 1.42 bits per heavy atom. The van der Waals surface area contributed by atoms with Crippen molar-refractivity contribution < 1.29 is 13.3 Å². The van der Waals surface area contributed by atoms with Crippen LogP contribution in [0.3, 0.4) is 0 Å². The molecule has 0 aliphatic heterocycles. The van der Waals surface area contributed by atoms with E-state index in [4.69, 9.17) is 13.3 Å². The molecule has 0 aromatic carbocycles. The Bertz CT molecular complexity index is 315. The number of unbranched alkanes of at least 4 members (excludes halogenated alkanes) is 8. The molecule has 0 saturated carbocycles. The molecule has 0 aliphatic carbocycles. The predicted molar refractivity (Wildman–Crippen MR) is 114 cm³/mol. The Kier molecular flexibility index (Phi) is 12.3. The van der Waals surface area contributed by atoms with Gasteiger partial charge in [0, 0.05) is 6.61 Å². The van der Waals surface area contributed by atoms with Gasteiger partial charge in [-0.25, -0.2) is 0 Å². The highest BCUT2D eigenvalue weighted by Gasteiger charge is 2.37. The molecule has 24 heavy (non-hydrogen) atoms. The van der Waals surface area contributed by atoms with Gasteiger partial charge in [-0.05, 0) is 58.3 Å². The molecular weight excluding hydrogens is 348 g/mol. The Hall–Kier alpha value is 0.531. The molecule has 0 radical (unpaired) electrons. The number of aliphatic hydroxyl groups is 1. The SMILES string of the molecule is C[Si](C)(C)O[Si](C)(C)O[Si](C)(C)CCCCCCCCCCCO. The van der Waals surface area contributed by atoms with E-state index in [9.17, 15) is 0 Å². The van der Waals surface area contributed by atoms with Gasteiger partial charge < -0.3 is 13.3 Å². The van der Waals surface area contributed by atoms with Gasteiger partial charge in [0.2, 0.25) is 0 Å². The molecule has 0 spiro atoms. The summed E-state index contributed by atoms with van der Waals surface area (Å²) < 4.78 is 12.9. The highest BCUT2D eigenvalue weighted by atomic mass is 28.5. The molecule has 0 fully saturated rings. The molecule has 0 aromatic heterocycles. The minimum absolute atomic E-state index is 0.352. The van der Waals surface area contributed by atoms with Crippen LogP contribution < -0.4 is 0 Å². The summed E-state index contributed by atoms with van der Waals surface area (Å²) in [5, 5.41) is 8.75. The summed E-state index contributed by atoms with van der Waals surface area (Å²) in [5.74, 6) is 0. The molecule has 0 bridgehead atoms. The monoisotopic (exact) mass is 392 g/mol. The van der Waals surface area contributed by atoms with Crippen molar-refractivity contribution in [3.05, 3.63) is 0 Å². The number of hydrogen-bond donors (Lipinski definition) is 1. The van der Waals surface area contributed by atoms with Crippen LogP contribution in [-0.4, -0.2) is 36.9 Å². The minimum atomic E-state index is -1.97. The Morgan fingerprint density at radius 1 is 0.583 bits per heavy atom. The zero-order valence-electron chi connectivity index (χ0n) is 17.5. The first-order valence-corrected chi connectivity index (χ1v) is 19.3. The highest BCUT2D eigenvalue weighted by Crippen LogP contribution is 2.24. The second-order valence-electron chi connectivity index (χ2n) is 9.13. The molecule has 1 N–H and O–H groups in total. The van der Waals surface area contributed by atoms with Crippen molar-refractivity contribution in [1.82, 2.24) is 0 Å². The van der Waals surface area contributed by atoms with Gasteiger partial charge >= 0.3 is 8.56 Å². The molecule has 0 heterocycles. The van der Waals surface area contributed by atoms with Crippen LogP contribution in [0.25, 0.3) is 0 Å². The van der Waals surface area contributed by atoms with Crippen molar-refractivity contribution in [2.24, 2.45) is 0 Å². The summed E-state index contributed by atoms with van der Waals surface area (Å²) >= 11 is 0. The third kappa shape index (κ3) is 16.0.